The van der Waals surface area contributed by atoms with Gasteiger partial charge < -0.3 is 10.2 Å². The Balaban J connectivity index is 1.44. The highest BCUT2D eigenvalue weighted by Gasteiger charge is 2.59. The molecule has 0 saturated heterocycles. The molecular weight excluding hydrogens is 332 g/mol. The fourth-order valence-corrected chi connectivity index (χ4v) is 8.62. The first-order chi connectivity index (χ1) is 12.9. The lowest BCUT2D eigenvalue weighted by molar-refractivity contribution is -0.127. The number of fused-ring (bicyclic) bond motifs is 5. The summed E-state index contributed by atoms with van der Waals surface area (Å²) in [6.45, 7) is 7.34. The molecule has 4 rings (SSSR count). The van der Waals surface area contributed by atoms with Crippen LogP contribution < -0.4 is 0 Å². The van der Waals surface area contributed by atoms with Crippen molar-refractivity contribution in [2.45, 2.75) is 116 Å². The van der Waals surface area contributed by atoms with E-state index < -0.39 is 0 Å². The minimum Gasteiger partial charge on any atom is -0.393 e. The van der Waals surface area contributed by atoms with E-state index >= 15 is 0 Å². The SMILES string of the molecule is CCC(O)CCCC1CCC2C3CCC4CC(O)CCC4(C)C3CCC12C. The normalized spacial score (nSPS) is 50.6. The Morgan fingerprint density at radius 1 is 0.926 bits per heavy atom. The van der Waals surface area contributed by atoms with E-state index in [4.69, 9.17) is 0 Å². The minimum absolute atomic E-state index is 0.0252. The molecule has 4 aliphatic rings. The molecule has 4 fully saturated rings. The number of aliphatic hydroxyl groups is 2. The van der Waals surface area contributed by atoms with Crippen LogP contribution in [0.5, 0.6) is 0 Å². The smallest absolute Gasteiger partial charge is 0.0543 e. The first-order valence-electron chi connectivity index (χ1n) is 12.2. The lowest BCUT2D eigenvalue weighted by atomic mass is 9.44. The minimum atomic E-state index is -0.0809. The average molecular weight is 377 g/mol. The maximum Gasteiger partial charge on any atom is 0.0543 e. The quantitative estimate of drug-likeness (QED) is 0.622. The molecule has 2 N–H and O–H groups in total. The summed E-state index contributed by atoms with van der Waals surface area (Å²) in [6, 6.07) is 0. The van der Waals surface area contributed by atoms with Crippen LogP contribution in [0.25, 0.3) is 0 Å². The largest absolute Gasteiger partial charge is 0.393 e. The van der Waals surface area contributed by atoms with E-state index in [-0.39, 0.29) is 12.2 Å². The second-order valence-corrected chi connectivity index (χ2v) is 11.4. The molecule has 0 aromatic carbocycles. The van der Waals surface area contributed by atoms with Crippen LogP contribution in [-0.4, -0.2) is 22.4 Å². The van der Waals surface area contributed by atoms with Gasteiger partial charge in [0.05, 0.1) is 12.2 Å². The lowest BCUT2D eigenvalue weighted by Crippen LogP contribution is -2.53. The highest BCUT2D eigenvalue weighted by atomic mass is 16.3. The van der Waals surface area contributed by atoms with Crippen LogP contribution in [0.3, 0.4) is 0 Å². The van der Waals surface area contributed by atoms with Crippen LogP contribution in [0.2, 0.25) is 0 Å². The summed E-state index contributed by atoms with van der Waals surface area (Å²) in [5.41, 5.74) is 1.07. The maximum absolute atomic E-state index is 10.2. The fraction of sp³-hybridized carbons (Fsp3) is 1.00. The predicted molar refractivity (Wildman–Crippen MR) is 111 cm³/mol. The summed E-state index contributed by atoms with van der Waals surface area (Å²) in [5, 5.41) is 20.1. The van der Waals surface area contributed by atoms with Crippen molar-refractivity contribution in [3.05, 3.63) is 0 Å². The Morgan fingerprint density at radius 3 is 2.44 bits per heavy atom. The molecule has 0 aliphatic heterocycles. The van der Waals surface area contributed by atoms with Crippen LogP contribution in [0.1, 0.15) is 104 Å². The lowest BCUT2D eigenvalue weighted by Gasteiger charge is -2.61. The molecule has 4 aliphatic carbocycles. The summed E-state index contributed by atoms with van der Waals surface area (Å²) in [7, 11) is 0. The highest BCUT2D eigenvalue weighted by Crippen LogP contribution is 2.67. The molecule has 4 saturated carbocycles. The zero-order valence-electron chi connectivity index (χ0n) is 18.1. The first kappa shape index (κ1) is 20.2. The van der Waals surface area contributed by atoms with Crippen molar-refractivity contribution < 1.29 is 10.2 Å². The van der Waals surface area contributed by atoms with Crippen molar-refractivity contribution in [3.8, 4) is 0 Å². The van der Waals surface area contributed by atoms with Crippen LogP contribution >= 0.6 is 0 Å². The molecule has 0 aromatic rings. The van der Waals surface area contributed by atoms with Gasteiger partial charge in [-0.05, 0) is 117 Å². The fourth-order valence-electron chi connectivity index (χ4n) is 8.62. The molecule has 2 nitrogen and oxygen atoms in total. The van der Waals surface area contributed by atoms with Gasteiger partial charge in [0.2, 0.25) is 0 Å². The molecule has 0 aromatic heterocycles. The van der Waals surface area contributed by atoms with Gasteiger partial charge >= 0.3 is 0 Å². The number of aliphatic hydroxyl groups excluding tert-OH is 2. The zero-order chi connectivity index (χ0) is 19.2. The van der Waals surface area contributed by atoms with Gasteiger partial charge in [0, 0.05) is 0 Å². The van der Waals surface area contributed by atoms with E-state index in [1.165, 1.54) is 57.8 Å². The van der Waals surface area contributed by atoms with E-state index in [0.717, 1.165) is 55.3 Å². The van der Waals surface area contributed by atoms with Gasteiger partial charge in [-0.2, -0.15) is 0 Å². The van der Waals surface area contributed by atoms with Gasteiger partial charge in [-0.15, -0.1) is 0 Å². The third kappa shape index (κ3) is 3.41. The van der Waals surface area contributed by atoms with Crippen LogP contribution in [0.15, 0.2) is 0 Å². The van der Waals surface area contributed by atoms with Crippen LogP contribution in [0, 0.1) is 40.4 Å². The predicted octanol–water partition coefficient (Wildman–Crippen LogP) is 5.95. The second-order valence-electron chi connectivity index (χ2n) is 11.4. The van der Waals surface area contributed by atoms with Gasteiger partial charge in [0.15, 0.2) is 0 Å². The Morgan fingerprint density at radius 2 is 1.67 bits per heavy atom. The van der Waals surface area contributed by atoms with Crippen molar-refractivity contribution in [1.29, 1.82) is 0 Å². The molecule has 2 heteroatoms. The van der Waals surface area contributed by atoms with Crippen molar-refractivity contribution in [2.24, 2.45) is 40.4 Å². The monoisotopic (exact) mass is 376 g/mol. The Hall–Kier alpha value is -0.0800. The summed E-state index contributed by atoms with van der Waals surface area (Å²) in [6.07, 6.45) is 16.3. The van der Waals surface area contributed by atoms with Gasteiger partial charge in [-0.1, -0.05) is 27.2 Å². The summed E-state index contributed by atoms with van der Waals surface area (Å²) < 4.78 is 0. The number of hydrogen-bond donors (Lipinski definition) is 2. The van der Waals surface area contributed by atoms with Crippen molar-refractivity contribution in [1.82, 2.24) is 0 Å². The summed E-state index contributed by atoms with van der Waals surface area (Å²) in [5.74, 6) is 4.49. The van der Waals surface area contributed by atoms with Gasteiger partial charge in [0.1, 0.15) is 0 Å². The Bertz CT molecular complexity index is 518. The molecule has 27 heavy (non-hydrogen) atoms. The molecule has 0 radical (unpaired) electrons. The van der Waals surface area contributed by atoms with Crippen molar-refractivity contribution >= 4 is 0 Å². The van der Waals surface area contributed by atoms with Crippen LogP contribution in [-0.2, 0) is 0 Å². The van der Waals surface area contributed by atoms with Crippen molar-refractivity contribution in [2.75, 3.05) is 0 Å². The zero-order valence-corrected chi connectivity index (χ0v) is 18.1. The van der Waals surface area contributed by atoms with E-state index in [9.17, 15) is 10.2 Å². The Kier molecular flexibility index (Phi) is 5.71. The standard InChI is InChI=1S/C25H44O2/c1-4-19(26)7-5-6-17-9-11-22-21-10-8-18-16-20(27)12-14-25(18,3)23(21)13-15-24(17,22)2/h17-23,26-27H,4-16H2,1-3H3. The van der Waals surface area contributed by atoms with E-state index in [2.05, 4.69) is 20.8 Å². The molecule has 0 spiro atoms. The molecule has 9 unspecified atom stereocenters. The third-order valence-electron chi connectivity index (χ3n) is 10.4. The first-order valence-corrected chi connectivity index (χ1v) is 12.2. The summed E-state index contributed by atoms with van der Waals surface area (Å²) >= 11 is 0. The van der Waals surface area contributed by atoms with E-state index in [1.807, 2.05) is 0 Å². The van der Waals surface area contributed by atoms with Gasteiger partial charge in [0.25, 0.3) is 0 Å². The van der Waals surface area contributed by atoms with E-state index in [1.54, 1.807) is 0 Å². The number of hydrogen-bond acceptors (Lipinski definition) is 2. The summed E-state index contributed by atoms with van der Waals surface area (Å²) in [4.78, 5) is 0. The maximum atomic E-state index is 10.2. The average Bonchev–Trinajstić information content (AvgIpc) is 2.99. The Labute approximate surface area is 167 Å². The number of rotatable bonds is 5. The third-order valence-corrected chi connectivity index (χ3v) is 10.4. The second kappa shape index (κ2) is 7.63. The van der Waals surface area contributed by atoms with Crippen molar-refractivity contribution in [3.63, 3.8) is 0 Å². The molecule has 9 atom stereocenters. The topological polar surface area (TPSA) is 40.5 Å². The molecule has 156 valence electrons. The highest BCUT2D eigenvalue weighted by molar-refractivity contribution is 5.09. The molecule has 0 bridgehead atoms. The molecule has 0 amide bonds. The van der Waals surface area contributed by atoms with Gasteiger partial charge in [-0.3, -0.25) is 0 Å². The van der Waals surface area contributed by atoms with E-state index in [0.29, 0.717) is 10.8 Å². The molecular formula is C25H44O2. The van der Waals surface area contributed by atoms with Gasteiger partial charge in [-0.25, -0.2) is 0 Å². The molecule has 0 heterocycles. The van der Waals surface area contributed by atoms with Crippen LogP contribution in [0.4, 0.5) is 0 Å².